The highest BCUT2D eigenvalue weighted by atomic mass is 19.1. The van der Waals surface area contributed by atoms with E-state index in [1.807, 2.05) is 0 Å². The molecule has 0 aliphatic carbocycles. The number of piperazine rings is 1. The highest BCUT2D eigenvalue weighted by Gasteiger charge is 2.21. The molecule has 0 amide bonds. The fourth-order valence-corrected chi connectivity index (χ4v) is 4.76. The van der Waals surface area contributed by atoms with E-state index in [4.69, 9.17) is 0 Å². The number of benzene rings is 2. The van der Waals surface area contributed by atoms with Crippen molar-refractivity contribution in [3.05, 3.63) is 69.3 Å². The molecule has 5 rings (SSSR count). The number of nitrogens with one attached hydrogen (secondary N) is 1. The number of aryl methyl sites for hydroxylation is 3. The summed E-state index contributed by atoms with van der Waals surface area (Å²) in [5, 5.41) is 11.9. The number of anilines is 1. The Morgan fingerprint density at radius 1 is 0.939 bits per heavy atom. The van der Waals surface area contributed by atoms with Crippen molar-refractivity contribution in [3.63, 3.8) is 0 Å². The summed E-state index contributed by atoms with van der Waals surface area (Å²) < 4.78 is 15.7. The Morgan fingerprint density at radius 3 is 2.30 bits per heavy atom. The minimum absolute atomic E-state index is 0.161. The van der Waals surface area contributed by atoms with Gasteiger partial charge in [-0.2, -0.15) is 14.9 Å². The number of hydrogen-bond donors (Lipinski definition) is 1. The number of nitrogens with zero attached hydrogens (tertiary/aromatic N) is 5. The lowest BCUT2D eigenvalue weighted by Crippen LogP contribution is -2.45. The molecule has 33 heavy (non-hydrogen) atoms. The number of aromatic nitrogens is 4. The van der Waals surface area contributed by atoms with Crippen molar-refractivity contribution in [1.82, 2.24) is 24.9 Å². The lowest BCUT2D eigenvalue weighted by molar-refractivity contribution is 0.312. The summed E-state index contributed by atoms with van der Waals surface area (Å²) in [6.45, 7) is 10.1. The second-order valence-electron chi connectivity index (χ2n) is 8.88. The Kier molecular flexibility index (Phi) is 5.25. The van der Waals surface area contributed by atoms with Gasteiger partial charge in [0.25, 0.3) is 5.56 Å². The van der Waals surface area contributed by atoms with Crippen LogP contribution in [0.2, 0.25) is 0 Å². The number of halogens is 1. The first-order chi connectivity index (χ1) is 15.8. The van der Waals surface area contributed by atoms with Gasteiger partial charge in [-0.25, -0.2) is 4.39 Å². The summed E-state index contributed by atoms with van der Waals surface area (Å²) in [6, 6.07) is 10.4. The Labute approximate surface area is 191 Å². The van der Waals surface area contributed by atoms with Gasteiger partial charge in [0, 0.05) is 43.5 Å². The van der Waals surface area contributed by atoms with Gasteiger partial charge >= 0.3 is 0 Å². The molecule has 1 aliphatic heterocycles. The second-order valence-corrected chi connectivity index (χ2v) is 8.88. The van der Waals surface area contributed by atoms with E-state index in [9.17, 15) is 9.18 Å². The van der Waals surface area contributed by atoms with E-state index in [0.717, 1.165) is 36.4 Å². The predicted octanol–water partition coefficient (Wildman–Crippen LogP) is 3.59. The summed E-state index contributed by atoms with van der Waals surface area (Å²) in [4.78, 5) is 17.5. The molecule has 2 aromatic heterocycles. The first-order valence-electron chi connectivity index (χ1n) is 11.1. The van der Waals surface area contributed by atoms with Crippen LogP contribution in [0.3, 0.4) is 0 Å². The summed E-state index contributed by atoms with van der Waals surface area (Å²) in [7, 11) is 2.15. The molecule has 3 heterocycles. The number of rotatable bonds is 3. The maximum absolute atomic E-state index is 14.6. The minimum Gasteiger partial charge on any atom is -0.369 e. The number of H-pyrrole nitrogens is 1. The topological polar surface area (TPSA) is 70.0 Å². The monoisotopic (exact) mass is 446 g/mol. The second kappa shape index (κ2) is 8.12. The molecular weight excluding hydrogens is 419 g/mol. The largest absolute Gasteiger partial charge is 0.369 e. The molecule has 8 heteroatoms. The number of hydrogen-bond acceptors (Lipinski definition) is 5. The number of likely N-dealkylation sites (N-methyl/N-ethyl adjacent to an activating group) is 1. The van der Waals surface area contributed by atoms with Crippen molar-refractivity contribution in [2.24, 2.45) is 0 Å². The van der Waals surface area contributed by atoms with Crippen LogP contribution < -0.4 is 10.5 Å². The van der Waals surface area contributed by atoms with Crippen molar-refractivity contribution in [1.29, 1.82) is 0 Å². The highest BCUT2D eigenvalue weighted by molar-refractivity contribution is 5.90. The van der Waals surface area contributed by atoms with Gasteiger partial charge in [0.2, 0.25) is 0 Å². The van der Waals surface area contributed by atoms with Crippen molar-refractivity contribution < 1.29 is 4.39 Å². The average Bonchev–Trinajstić information content (AvgIpc) is 3.17. The van der Waals surface area contributed by atoms with E-state index in [-0.39, 0.29) is 5.69 Å². The number of fused-ring (bicyclic) bond motifs is 1. The molecular formula is C25H27FN6O. The van der Waals surface area contributed by atoms with Crippen LogP contribution in [0, 0.1) is 26.6 Å². The van der Waals surface area contributed by atoms with Crippen molar-refractivity contribution in [3.8, 4) is 16.9 Å². The normalized spacial score (nSPS) is 14.9. The third-order valence-electron chi connectivity index (χ3n) is 6.43. The summed E-state index contributed by atoms with van der Waals surface area (Å²) in [6.07, 6.45) is 0. The van der Waals surface area contributed by atoms with Gasteiger partial charge in [-0.05, 0) is 62.7 Å². The molecule has 0 radical (unpaired) electrons. The van der Waals surface area contributed by atoms with Gasteiger partial charge in [-0.1, -0.05) is 12.1 Å². The van der Waals surface area contributed by atoms with Gasteiger partial charge in [-0.3, -0.25) is 9.89 Å². The van der Waals surface area contributed by atoms with Crippen molar-refractivity contribution in [2.45, 2.75) is 20.8 Å². The molecule has 0 saturated carbocycles. The molecule has 0 spiro atoms. The standard InChI is InChI=1S/C25H27FN6O/c1-15-6-5-7-19(26)25(15)32-21(33)14-20-23(29-32)22(28-27-20)18-12-16(2)24(17(3)13-18)31-10-8-30(4)9-11-31/h5-7,12-14,27H,8-11H2,1-4H3. The number of para-hydroxylation sites is 1. The lowest BCUT2D eigenvalue weighted by Gasteiger charge is -2.36. The van der Waals surface area contributed by atoms with E-state index in [2.05, 4.69) is 58.1 Å². The van der Waals surface area contributed by atoms with E-state index in [0.29, 0.717) is 22.3 Å². The third-order valence-corrected chi connectivity index (χ3v) is 6.43. The van der Waals surface area contributed by atoms with Gasteiger partial charge < -0.3 is 9.80 Å². The predicted molar refractivity (Wildman–Crippen MR) is 129 cm³/mol. The molecule has 1 fully saturated rings. The highest BCUT2D eigenvalue weighted by Crippen LogP contribution is 2.33. The molecule has 4 aromatic rings. The molecule has 7 nitrogen and oxygen atoms in total. The molecule has 0 atom stereocenters. The first-order valence-corrected chi connectivity index (χ1v) is 11.1. The molecule has 0 bridgehead atoms. The van der Waals surface area contributed by atoms with Crippen LogP contribution in [-0.4, -0.2) is 58.1 Å². The summed E-state index contributed by atoms with van der Waals surface area (Å²) in [5.74, 6) is -0.489. The minimum atomic E-state index is -0.489. The lowest BCUT2D eigenvalue weighted by atomic mass is 10.0. The first kappa shape index (κ1) is 21.3. The smallest absolute Gasteiger partial charge is 0.273 e. The van der Waals surface area contributed by atoms with Crippen LogP contribution in [0.1, 0.15) is 16.7 Å². The summed E-state index contributed by atoms with van der Waals surface area (Å²) in [5.41, 5.74) is 6.60. The molecule has 1 N–H and O–H groups in total. The van der Waals surface area contributed by atoms with Gasteiger partial charge in [0.05, 0.1) is 5.52 Å². The molecule has 1 saturated heterocycles. The van der Waals surface area contributed by atoms with Crippen LogP contribution >= 0.6 is 0 Å². The maximum atomic E-state index is 14.6. The fourth-order valence-electron chi connectivity index (χ4n) is 4.76. The SMILES string of the molecule is Cc1cc(-c2n[nH]c3cc(=O)n(-c4c(C)cccc4F)nc23)cc(C)c1N1CCN(C)CC1. The molecule has 170 valence electrons. The Balaban J connectivity index is 1.62. The van der Waals surface area contributed by atoms with E-state index < -0.39 is 11.4 Å². The van der Waals surface area contributed by atoms with Crippen LogP contribution in [0.15, 0.2) is 41.2 Å². The molecule has 1 aliphatic rings. The maximum Gasteiger partial charge on any atom is 0.273 e. The zero-order valence-electron chi connectivity index (χ0n) is 19.3. The summed E-state index contributed by atoms with van der Waals surface area (Å²) >= 11 is 0. The fraction of sp³-hybridized carbons (Fsp3) is 0.320. The van der Waals surface area contributed by atoms with Gasteiger partial charge in [-0.15, -0.1) is 0 Å². The van der Waals surface area contributed by atoms with E-state index >= 15 is 0 Å². The Hall–Kier alpha value is -3.52. The zero-order valence-corrected chi connectivity index (χ0v) is 19.3. The average molecular weight is 447 g/mol. The zero-order chi connectivity index (χ0) is 23.3. The van der Waals surface area contributed by atoms with Crippen molar-refractivity contribution in [2.75, 3.05) is 38.1 Å². The van der Waals surface area contributed by atoms with Crippen molar-refractivity contribution >= 4 is 16.7 Å². The Bertz CT molecular complexity index is 1370. The molecule has 2 aromatic carbocycles. The van der Waals surface area contributed by atoms with Crippen LogP contribution in [0.5, 0.6) is 0 Å². The number of aromatic amines is 1. The van der Waals surface area contributed by atoms with E-state index in [1.54, 1.807) is 19.1 Å². The third kappa shape index (κ3) is 3.70. The Morgan fingerprint density at radius 2 is 1.64 bits per heavy atom. The van der Waals surface area contributed by atoms with Gasteiger partial charge in [0.1, 0.15) is 22.7 Å². The van der Waals surface area contributed by atoms with Gasteiger partial charge in [0.15, 0.2) is 0 Å². The quantitative estimate of drug-likeness (QED) is 0.521. The van der Waals surface area contributed by atoms with Crippen LogP contribution in [-0.2, 0) is 0 Å². The van der Waals surface area contributed by atoms with Crippen LogP contribution in [0.25, 0.3) is 28.0 Å². The van der Waals surface area contributed by atoms with Crippen LogP contribution in [0.4, 0.5) is 10.1 Å². The van der Waals surface area contributed by atoms with E-state index in [1.165, 1.54) is 28.9 Å². The molecule has 0 unspecified atom stereocenters.